The standard InChI is InChI=1S/C58H43NS/c1-57(2)50-20-9-7-15-45(50)47-34-32-41(35-52(47)57)59(40-30-25-38(26-31-40)43-18-11-19-48-46-16-8-10-21-51(46)58(3,4)55(43)48)39-28-23-37(24-29-39)42-17-12-22-53-54(42)49-33-27-36-13-5-6-14-44(36)56(49)60-53/h5-35H,1-4H3. The first kappa shape index (κ1) is 35.2. The van der Waals surface area contributed by atoms with E-state index in [2.05, 4.69) is 221 Å². The number of fused-ring (bicyclic) bond motifs is 11. The maximum atomic E-state index is 2.44. The van der Waals surface area contributed by atoms with Gasteiger partial charge in [-0.3, -0.25) is 0 Å². The van der Waals surface area contributed by atoms with Gasteiger partial charge in [-0.15, -0.1) is 11.3 Å². The van der Waals surface area contributed by atoms with Gasteiger partial charge in [-0.05, 0) is 120 Å². The lowest BCUT2D eigenvalue weighted by atomic mass is 9.79. The van der Waals surface area contributed by atoms with Crippen LogP contribution in [0.5, 0.6) is 0 Å². The zero-order chi connectivity index (χ0) is 40.3. The molecule has 0 bridgehead atoms. The molecule has 0 spiro atoms. The molecule has 0 N–H and O–H groups in total. The van der Waals surface area contributed by atoms with Gasteiger partial charge in [-0.2, -0.15) is 0 Å². The van der Waals surface area contributed by atoms with Gasteiger partial charge in [0.15, 0.2) is 0 Å². The number of benzene rings is 9. The van der Waals surface area contributed by atoms with Gasteiger partial charge in [0.05, 0.1) is 0 Å². The second-order valence-corrected chi connectivity index (χ2v) is 18.7. The highest BCUT2D eigenvalue weighted by Gasteiger charge is 2.38. The minimum absolute atomic E-state index is 0.0861. The third-order valence-corrected chi connectivity index (χ3v) is 14.9. The van der Waals surface area contributed by atoms with Crippen LogP contribution in [0.1, 0.15) is 49.9 Å². The van der Waals surface area contributed by atoms with Crippen LogP contribution in [0.3, 0.4) is 0 Å². The molecule has 12 rings (SSSR count). The van der Waals surface area contributed by atoms with Crippen LogP contribution >= 0.6 is 11.3 Å². The van der Waals surface area contributed by atoms with E-state index in [1.165, 1.54) is 97.7 Å². The summed E-state index contributed by atoms with van der Waals surface area (Å²) in [6.07, 6.45) is 0. The first-order valence-corrected chi connectivity index (χ1v) is 21.9. The van der Waals surface area contributed by atoms with Crippen LogP contribution in [0.4, 0.5) is 17.1 Å². The van der Waals surface area contributed by atoms with Gasteiger partial charge in [0.2, 0.25) is 0 Å². The number of hydrogen-bond donors (Lipinski definition) is 0. The molecule has 0 saturated heterocycles. The summed E-state index contributed by atoms with van der Waals surface area (Å²) in [4.78, 5) is 2.44. The van der Waals surface area contributed by atoms with Crippen LogP contribution in [0.15, 0.2) is 188 Å². The zero-order valence-corrected chi connectivity index (χ0v) is 35.1. The molecule has 0 saturated carbocycles. The molecule has 286 valence electrons. The molecular weight excluding hydrogens is 743 g/mol. The molecule has 1 nitrogen and oxygen atoms in total. The van der Waals surface area contributed by atoms with Crippen LogP contribution in [-0.4, -0.2) is 0 Å². The van der Waals surface area contributed by atoms with Crippen molar-refractivity contribution in [3.63, 3.8) is 0 Å². The number of hydrogen-bond acceptors (Lipinski definition) is 2. The third-order valence-electron chi connectivity index (χ3n) is 13.7. The fraction of sp³-hybridized carbons (Fsp3) is 0.103. The summed E-state index contributed by atoms with van der Waals surface area (Å²) in [6, 6.07) is 70.4. The maximum Gasteiger partial charge on any atom is 0.0465 e. The quantitative estimate of drug-likeness (QED) is 0.168. The molecule has 2 aliphatic carbocycles. The molecule has 0 radical (unpaired) electrons. The lowest BCUT2D eigenvalue weighted by molar-refractivity contribution is 0.660. The van der Waals surface area contributed by atoms with Crippen molar-refractivity contribution < 1.29 is 0 Å². The Bertz CT molecular complexity index is 3360. The smallest absolute Gasteiger partial charge is 0.0465 e. The van der Waals surface area contributed by atoms with Crippen molar-refractivity contribution in [3.05, 3.63) is 210 Å². The number of rotatable bonds is 5. The van der Waals surface area contributed by atoms with Crippen LogP contribution < -0.4 is 4.90 Å². The molecule has 9 aromatic carbocycles. The summed E-state index contributed by atoms with van der Waals surface area (Å²) >= 11 is 1.90. The number of nitrogens with zero attached hydrogens (tertiary/aromatic N) is 1. The van der Waals surface area contributed by atoms with E-state index in [0.29, 0.717) is 0 Å². The van der Waals surface area contributed by atoms with E-state index in [9.17, 15) is 0 Å². The molecule has 0 atom stereocenters. The topological polar surface area (TPSA) is 3.24 Å². The van der Waals surface area contributed by atoms with Gasteiger partial charge < -0.3 is 4.90 Å². The van der Waals surface area contributed by atoms with E-state index in [1.54, 1.807) is 0 Å². The molecule has 10 aromatic rings. The molecular formula is C58H43NS. The van der Waals surface area contributed by atoms with Gasteiger partial charge in [-0.1, -0.05) is 173 Å². The van der Waals surface area contributed by atoms with Crippen LogP contribution in [-0.2, 0) is 10.8 Å². The Labute approximate surface area is 355 Å². The van der Waals surface area contributed by atoms with Crippen molar-refractivity contribution in [1.29, 1.82) is 0 Å². The van der Waals surface area contributed by atoms with Gasteiger partial charge in [0, 0.05) is 48.1 Å². The molecule has 2 heteroatoms. The fourth-order valence-corrected chi connectivity index (χ4v) is 12.0. The highest BCUT2D eigenvalue weighted by atomic mass is 32.1. The Morgan fingerprint density at radius 2 is 0.933 bits per heavy atom. The highest BCUT2D eigenvalue weighted by molar-refractivity contribution is 7.26. The summed E-state index contributed by atoms with van der Waals surface area (Å²) < 4.78 is 2.68. The monoisotopic (exact) mass is 785 g/mol. The highest BCUT2D eigenvalue weighted by Crippen LogP contribution is 2.53. The van der Waals surface area contributed by atoms with E-state index in [4.69, 9.17) is 0 Å². The second-order valence-electron chi connectivity index (χ2n) is 17.7. The Kier molecular flexibility index (Phi) is 7.56. The lowest BCUT2D eigenvalue weighted by Crippen LogP contribution is -2.16. The minimum atomic E-state index is -0.104. The molecule has 0 unspecified atom stereocenters. The first-order valence-electron chi connectivity index (χ1n) is 21.1. The maximum absolute atomic E-state index is 2.44. The van der Waals surface area contributed by atoms with E-state index in [0.717, 1.165) is 17.1 Å². The number of anilines is 3. The fourth-order valence-electron chi connectivity index (χ4n) is 10.7. The summed E-state index contributed by atoms with van der Waals surface area (Å²) in [6.45, 7) is 9.48. The number of thiophene rings is 1. The molecule has 0 fully saturated rings. The Morgan fingerprint density at radius 1 is 0.383 bits per heavy atom. The molecule has 1 heterocycles. The summed E-state index contributed by atoms with van der Waals surface area (Å²) in [7, 11) is 0. The predicted octanol–water partition coefficient (Wildman–Crippen LogP) is 16.6. The average Bonchev–Trinajstić information content (AvgIpc) is 3.87. The molecule has 0 amide bonds. The van der Waals surface area contributed by atoms with Crippen LogP contribution in [0, 0.1) is 0 Å². The van der Waals surface area contributed by atoms with E-state index < -0.39 is 0 Å². The lowest BCUT2D eigenvalue weighted by Gasteiger charge is -2.29. The molecule has 2 aliphatic rings. The van der Waals surface area contributed by atoms with Crippen molar-refractivity contribution >= 4 is 59.3 Å². The normalized spacial score (nSPS) is 14.3. The minimum Gasteiger partial charge on any atom is -0.310 e. The van der Waals surface area contributed by atoms with Gasteiger partial charge in [0.25, 0.3) is 0 Å². The molecule has 60 heavy (non-hydrogen) atoms. The van der Waals surface area contributed by atoms with Crippen molar-refractivity contribution in [1.82, 2.24) is 0 Å². The Balaban J connectivity index is 0.983. The summed E-state index contributed by atoms with van der Waals surface area (Å²) in [5, 5.41) is 5.28. The second kappa shape index (κ2) is 12.9. The van der Waals surface area contributed by atoms with E-state index in [1.807, 2.05) is 11.3 Å². The third kappa shape index (κ3) is 5.04. The molecule has 1 aromatic heterocycles. The molecule has 0 aliphatic heterocycles. The SMILES string of the molecule is CC1(C)c2ccccc2-c2ccc(N(c3ccc(-c4cccc5c4C(C)(C)c4ccccc4-5)cc3)c3ccc(-c4cccc5sc6c7ccccc7ccc6c45)cc3)cc21. The van der Waals surface area contributed by atoms with Crippen LogP contribution in [0.25, 0.3) is 75.5 Å². The summed E-state index contributed by atoms with van der Waals surface area (Å²) in [5.41, 5.74) is 19.2. The zero-order valence-electron chi connectivity index (χ0n) is 34.3. The first-order chi connectivity index (χ1) is 29.3. The van der Waals surface area contributed by atoms with E-state index >= 15 is 0 Å². The van der Waals surface area contributed by atoms with Gasteiger partial charge >= 0.3 is 0 Å². The van der Waals surface area contributed by atoms with Crippen molar-refractivity contribution in [2.24, 2.45) is 0 Å². The Hall–Kier alpha value is -6.74. The van der Waals surface area contributed by atoms with Gasteiger partial charge in [-0.25, -0.2) is 0 Å². The van der Waals surface area contributed by atoms with Crippen molar-refractivity contribution in [3.8, 4) is 44.5 Å². The average molecular weight is 786 g/mol. The van der Waals surface area contributed by atoms with Crippen molar-refractivity contribution in [2.75, 3.05) is 4.90 Å². The van der Waals surface area contributed by atoms with Gasteiger partial charge in [0.1, 0.15) is 0 Å². The van der Waals surface area contributed by atoms with Crippen molar-refractivity contribution in [2.45, 2.75) is 38.5 Å². The van der Waals surface area contributed by atoms with Crippen LogP contribution in [0.2, 0.25) is 0 Å². The predicted molar refractivity (Wildman–Crippen MR) is 258 cm³/mol. The largest absolute Gasteiger partial charge is 0.310 e. The summed E-state index contributed by atoms with van der Waals surface area (Å²) in [5.74, 6) is 0. The Morgan fingerprint density at radius 3 is 1.68 bits per heavy atom. The van der Waals surface area contributed by atoms with E-state index in [-0.39, 0.29) is 10.8 Å².